The predicted molar refractivity (Wildman–Crippen MR) is 248 cm³/mol. The number of carboxylic acids is 2. The lowest BCUT2D eigenvalue weighted by Crippen LogP contribution is -2.47. The Kier molecular flexibility index (Phi) is 34.6. The van der Waals surface area contributed by atoms with Gasteiger partial charge in [0.2, 0.25) is 0 Å². The van der Waals surface area contributed by atoms with Crippen molar-refractivity contribution >= 4 is 17.9 Å². The predicted octanol–water partition coefficient (Wildman–Crippen LogP) is 11.6. The fourth-order valence-electron chi connectivity index (χ4n) is 7.82. The Balaban J connectivity index is 5.51. The number of hydrogen-bond donors (Lipinski definition) is 3. The van der Waals surface area contributed by atoms with Crippen LogP contribution in [0.15, 0.2) is 24.0 Å². The molecule has 0 rings (SSSR count). The van der Waals surface area contributed by atoms with Crippen molar-refractivity contribution in [3.05, 3.63) is 24.0 Å². The van der Waals surface area contributed by atoms with Crippen molar-refractivity contribution in [1.82, 2.24) is 0 Å². The van der Waals surface area contributed by atoms with Gasteiger partial charge in [-0.2, -0.15) is 0 Å². The normalized spacial score (nSPS) is 14.6. The highest BCUT2D eigenvalue weighted by molar-refractivity contribution is 5.83. The molecule has 0 fully saturated rings. The molecule has 60 heavy (non-hydrogen) atoms. The molecule has 0 saturated carbocycles. The molecule has 0 aliphatic heterocycles. The largest absolute Gasteiger partial charge is 0.488 e. The van der Waals surface area contributed by atoms with Gasteiger partial charge in [0.05, 0.1) is 66.8 Å². The number of quaternary nitrogens is 2. The number of ether oxygens (including phenoxy) is 2. The zero-order valence-electron chi connectivity index (χ0n) is 40.2. The number of rotatable bonds is 42. The molecule has 0 aromatic carbocycles. The Morgan fingerprint density at radius 3 is 1.45 bits per heavy atom. The van der Waals surface area contributed by atoms with Crippen LogP contribution >= 0.6 is 0 Å². The number of aliphatic carboxylic acids is 2. The van der Waals surface area contributed by atoms with Gasteiger partial charge in [-0.3, -0.25) is 9.59 Å². The molecule has 0 aromatic heterocycles. The Hall–Kier alpha value is -2.43. The van der Waals surface area contributed by atoms with Gasteiger partial charge in [0, 0.05) is 6.42 Å². The lowest BCUT2D eigenvalue weighted by Gasteiger charge is -2.33. The molecule has 0 radical (unpaired) electrons. The van der Waals surface area contributed by atoms with Crippen molar-refractivity contribution in [1.29, 1.82) is 0 Å². The number of carbonyl (C=O) groups excluding carboxylic acids is 1. The summed E-state index contributed by atoms with van der Waals surface area (Å²) < 4.78 is 13.1. The zero-order chi connectivity index (χ0) is 45.1. The van der Waals surface area contributed by atoms with Crippen LogP contribution in [0, 0.1) is 5.92 Å². The van der Waals surface area contributed by atoms with E-state index in [1.165, 1.54) is 102 Å². The van der Waals surface area contributed by atoms with Crippen LogP contribution in [0.1, 0.15) is 200 Å². The zero-order valence-corrected chi connectivity index (χ0v) is 40.2. The van der Waals surface area contributed by atoms with Crippen LogP contribution in [0.3, 0.4) is 0 Å². The molecule has 0 heterocycles. The van der Waals surface area contributed by atoms with E-state index < -0.39 is 42.1 Å². The number of nitrogens with zero attached hydrogens (tertiary/aromatic N) is 2. The molecule has 10 nitrogen and oxygen atoms in total. The number of carbonyl (C=O) groups is 3. The molecular formula is C50H96N2O8+2. The van der Waals surface area contributed by atoms with Gasteiger partial charge in [0.25, 0.3) is 0 Å². The van der Waals surface area contributed by atoms with Crippen LogP contribution in [-0.2, 0) is 23.9 Å². The van der Waals surface area contributed by atoms with Gasteiger partial charge in [-0.05, 0) is 51.4 Å². The number of unbranched alkanes of at least 4 members (excludes halogenated alkanes) is 21. The summed E-state index contributed by atoms with van der Waals surface area (Å²) in [5.74, 6) is -3.24. The maximum atomic E-state index is 13.4. The van der Waals surface area contributed by atoms with E-state index in [1.807, 2.05) is 42.3 Å². The first-order valence-electron chi connectivity index (χ1n) is 24.4. The van der Waals surface area contributed by atoms with Crippen LogP contribution in [-0.4, -0.2) is 116 Å². The van der Waals surface area contributed by atoms with E-state index in [0.717, 1.165) is 57.8 Å². The van der Waals surface area contributed by atoms with Crippen molar-refractivity contribution in [2.45, 2.75) is 218 Å². The molecule has 4 unspecified atom stereocenters. The summed E-state index contributed by atoms with van der Waals surface area (Å²) in [7, 11) is 11.7. The number of esters is 1. The molecule has 0 bridgehead atoms. The molecule has 0 spiro atoms. The topological polar surface area (TPSA) is 130 Å². The first-order valence-corrected chi connectivity index (χ1v) is 24.4. The average Bonchev–Trinajstić information content (AvgIpc) is 3.13. The third-order valence-electron chi connectivity index (χ3n) is 11.1. The van der Waals surface area contributed by atoms with E-state index in [-0.39, 0.29) is 12.8 Å². The fraction of sp³-hybridized carbons (Fsp3) is 0.860. The second kappa shape index (κ2) is 36.1. The van der Waals surface area contributed by atoms with Gasteiger partial charge in [-0.15, -0.1) is 0 Å². The number of aliphatic hydroxyl groups excluding tert-OH is 1. The number of carboxylic acid groups (broad SMARTS) is 2. The third-order valence-corrected chi connectivity index (χ3v) is 11.1. The van der Waals surface area contributed by atoms with Crippen LogP contribution in [0.2, 0.25) is 0 Å². The van der Waals surface area contributed by atoms with Gasteiger partial charge in [0.15, 0.2) is 12.2 Å². The summed E-state index contributed by atoms with van der Waals surface area (Å²) >= 11 is 0. The van der Waals surface area contributed by atoms with Crippen molar-refractivity contribution < 1.29 is 48.1 Å². The maximum absolute atomic E-state index is 13.4. The second-order valence-electron chi connectivity index (χ2n) is 19.7. The first-order chi connectivity index (χ1) is 28.5. The minimum Gasteiger partial charge on any atom is -0.488 e. The molecule has 0 aliphatic carbocycles. The first kappa shape index (κ1) is 57.6. The van der Waals surface area contributed by atoms with Crippen LogP contribution in [0.5, 0.6) is 0 Å². The highest BCUT2D eigenvalue weighted by atomic mass is 16.5. The molecule has 0 aliphatic rings. The molecule has 10 heteroatoms. The van der Waals surface area contributed by atoms with E-state index in [1.54, 1.807) is 0 Å². The second-order valence-corrected chi connectivity index (χ2v) is 19.7. The van der Waals surface area contributed by atoms with Crippen molar-refractivity contribution in [2.24, 2.45) is 5.92 Å². The Morgan fingerprint density at radius 2 is 1.00 bits per heavy atom. The van der Waals surface area contributed by atoms with E-state index >= 15 is 0 Å². The summed E-state index contributed by atoms with van der Waals surface area (Å²) in [6.45, 7) is 5.20. The monoisotopic (exact) mass is 853 g/mol. The van der Waals surface area contributed by atoms with Crippen LogP contribution < -0.4 is 0 Å². The number of allylic oxidation sites excluding steroid dienone is 3. The molecule has 0 aromatic rings. The minimum absolute atomic E-state index is 0.253. The highest BCUT2D eigenvalue weighted by Gasteiger charge is 2.35. The standard InChI is InChI=1S/C50H94N2O8/c1-9-11-13-15-17-19-21-23-25-27-29-31-33-35-43(53)37-38-46(50(57)58)47(42-52(6,7)8)59-44(40-49(56)60-45(39-48(54)55)41-51(3,4)5)36-34-32-30-28-26-24-22-20-18-16-14-12-10-2/h23,25,40,43,45-47,53H,9-22,24,26-39,41-42H2,1-8H3/p+2/b25-23-,44-40?. The van der Waals surface area contributed by atoms with Gasteiger partial charge in [-0.1, -0.05) is 148 Å². The molecule has 0 saturated heterocycles. The van der Waals surface area contributed by atoms with Gasteiger partial charge in [-0.25, -0.2) is 4.79 Å². The summed E-state index contributed by atoms with van der Waals surface area (Å²) in [5.41, 5.74) is 0. The number of likely N-dealkylation sites (N-methyl/N-ethyl adjacent to an activating group) is 2. The lowest BCUT2D eigenvalue weighted by molar-refractivity contribution is -0.873. The molecule has 0 amide bonds. The fourth-order valence-corrected chi connectivity index (χ4v) is 7.82. The third kappa shape index (κ3) is 37.3. The van der Waals surface area contributed by atoms with Crippen LogP contribution in [0.25, 0.3) is 0 Å². The molecule has 352 valence electrons. The van der Waals surface area contributed by atoms with Crippen molar-refractivity contribution in [2.75, 3.05) is 55.4 Å². The van der Waals surface area contributed by atoms with E-state index in [9.17, 15) is 29.7 Å². The SMILES string of the molecule is CCCCCCCC/C=C\CCCCCC(O)CCC(C(=O)O)C(C[N+](C)(C)C)OC(=CC(=O)OC(CC(=O)O)C[N+](C)(C)C)CCCCCCCCCCCCCCC. The molecule has 4 atom stereocenters. The maximum Gasteiger partial charge on any atom is 0.334 e. The summed E-state index contributed by atoms with van der Waals surface area (Å²) in [5, 5.41) is 30.9. The van der Waals surface area contributed by atoms with Gasteiger partial charge in [0.1, 0.15) is 18.8 Å². The highest BCUT2D eigenvalue weighted by Crippen LogP contribution is 2.25. The van der Waals surface area contributed by atoms with E-state index in [2.05, 4.69) is 26.0 Å². The minimum atomic E-state index is -1.05. The Morgan fingerprint density at radius 1 is 0.550 bits per heavy atom. The average molecular weight is 853 g/mol. The van der Waals surface area contributed by atoms with Gasteiger partial charge >= 0.3 is 17.9 Å². The van der Waals surface area contributed by atoms with E-state index in [0.29, 0.717) is 47.1 Å². The summed E-state index contributed by atoms with van der Waals surface area (Å²) in [6.07, 6.45) is 33.9. The lowest BCUT2D eigenvalue weighted by atomic mass is 9.92. The smallest absolute Gasteiger partial charge is 0.334 e. The van der Waals surface area contributed by atoms with E-state index in [4.69, 9.17) is 9.47 Å². The van der Waals surface area contributed by atoms with Crippen molar-refractivity contribution in [3.63, 3.8) is 0 Å². The quantitative estimate of drug-likeness (QED) is 0.0138. The van der Waals surface area contributed by atoms with Gasteiger partial charge < -0.3 is 33.8 Å². The molecular weight excluding hydrogens is 757 g/mol. The number of aliphatic hydroxyl groups is 1. The van der Waals surface area contributed by atoms with Crippen molar-refractivity contribution in [3.8, 4) is 0 Å². The Labute approximate surface area is 368 Å². The Bertz CT molecular complexity index is 1140. The molecule has 3 N–H and O–H groups in total. The summed E-state index contributed by atoms with van der Waals surface area (Å²) in [6, 6.07) is 0. The van der Waals surface area contributed by atoms with Crippen LogP contribution in [0.4, 0.5) is 0 Å². The number of hydrogen-bond acceptors (Lipinski definition) is 6. The summed E-state index contributed by atoms with van der Waals surface area (Å²) in [4.78, 5) is 37.9.